The lowest BCUT2D eigenvalue weighted by Crippen LogP contribution is -2.21. The molecule has 0 aliphatic carbocycles. The molecular formula is C18H14N4O3. The van der Waals surface area contributed by atoms with Crippen LogP contribution in [-0.4, -0.2) is 22.0 Å². The number of hydrogen-bond donors (Lipinski definition) is 3. The second-order valence-corrected chi connectivity index (χ2v) is 5.82. The van der Waals surface area contributed by atoms with Crippen molar-refractivity contribution >= 4 is 34.0 Å². The van der Waals surface area contributed by atoms with Crippen LogP contribution in [0.3, 0.4) is 0 Å². The minimum absolute atomic E-state index is 0.0377. The van der Waals surface area contributed by atoms with Gasteiger partial charge in [0.15, 0.2) is 5.69 Å². The van der Waals surface area contributed by atoms with Gasteiger partial charge in [-0.25, -0.2) is 5.10 Å². The average Bonchev–Trinajstić information content (AvgIpc) is 2.62. The third kappa shape index (κ3) is 2.76. The molecule has 0 bridgehead atoms. The lowest BCUT2D eigenvalue weighted by Gasteiger charge is -2.17. The van der Waals surface area contributed by atoms with Gasteiger partial charge in [0.2, 0.25) is 5.91 Å². The summed E-state index contributed by atoms with van der Waals surface area (Å²) in [5.74, 6) is -0.473. The summed E-state index contributed by atoms with van der Waals surface area (Å²) < 4.78 is 0. The zero-order valence-corrected chi connectivity index (χ0v) is 13.1. The van der Waals surface area contributed by atoms with Crippen LogP contribution in [0.5, 0.6) is 0 Å². The first-order valence-corrected chi connectivity index (χ1v) is 7.83. The van der Waals surface area contributed by atoms with Crippen molar-refractivity contribution in [2.24, 2.45) is 0 Å². The van der Waals surface area contributed by atoms with Gasteiger partial charge in [0, 0.05) is 23.2 Å². The molecule has 25 heavy (non-hydrogen) atoms. The highest BCUT2D eigenvalue weighted by atomic mass is 16.2. The van der Waals surface area contributed by atoms with Gasteiger partial charge in [-0.05, 0) is 30.2 Å². The molecule has 124 valence electrons. The first kappa shape index (κ1) is 15.1. The van der Waals surface area contributed by atoms with Gasteiger partial charge in [-0.2, -0.15) is 5.10 Å². The SMILES string of the molecule is O=C1CCc2ccc(NC(=O)c3n[nH]c(=O)c4ccccc34)cc2N1. The third-order valence-electron chi connectivity index (χ3n) is 4.17. The summed E-state index contributed by atoms with van der Waals surface area (Å²) in [7, 11) is 0. The van der Waals surface area contributed by atoms with E-state index in [0.717, 1.165) is 5.56 Å². The number of anilines is 2. The first-order chi connectivity index (χ1) is 12.1. The number of H-pyrrole nitrogens is 1. The van der Waals surface area contributed by atoms with Gasteiger partial charge >= 0.3 is 0 Å². The number of aromatic nitrogens is 2. The molecule has 2 heterocycles. The molecule has 0 spiro atoms. The lowest BCUT2D eigenvalue weighted by molar-refractivity contribution is -0.116. The number of fused-ring (bicyclic) bond motifs is 2. The zero-order chi connectivity index (χ0) is 17.4. The summed E-state index contributed by atoms with van der Waals surface area (Å²) in [6, 6.07) is 12.2. The number of aromatic amines is 1. The normalized spacial score (nSPS) is 13.2. The van der Waals surface area contributed by atoms with Gasteiger partial charge in [-0.3, -0.25) is 14.4 Å². The number of benzene rings is 2. The Balaban J connectivity index is 1.67. The fourth-order valence-corrected chi connectivity index (χ4v) is 2.93. The van der Waals surface area contributed by atoms with E-state index in [1.807, 2.05) is 6.07 Å². The molecule has 1 aliphatic rings. The quantitative estimate of drug-likeness (QED) is 0.667. The van der Waals surface area contributed by atoms with Crippen molar-refractivity contribution in [1.82, 2.24) is 10.2 Å². The van der Waals surface area contributed by atoms with Gasteiger partial charge in [0.05, 0.1) is 5.39 Å². The maximum Gasteiger partial charge on any atom is 0.276 e. The van der Waals surface area contributed by atoms with Crippen molar-refractivity contribution in [1.29, 1.82) is 0 Å². The van der Waals surface area contributed by atoms with E-state index >= 15 is 0 Å². The van der Waals surface area contributed by atoms with Crippen molar-refractivity contribution in [2.45, 2.75) is 12.8 Å². The molecule has 1 aliphatic heterocycles. The maximum absolute atomic E-state index is 12.6. The van der Waals surface area contributed by atoms with Gasteiger partial charge in [0.1, 0.15) is 0 Å². The smallest absolute Gasteiger partial charge is 0.276 e. The second-order valence-electron chi connectivity index (χ2n) is 5.82. The lowest BCUT2D eigenvalue weighted by atomic mass is 10.0. The fraction of sp³-hybridized carbons (Fsp3) is 0.111. The number of carbonyl (C=O) groups excluding carboxylic acids is 2. The molecule has 2 aromatic carbocycles. The van der Waals surface area contributed by atoms with E-state index in [1.165, 1.54) is 0 Å². The van der Waals surface area contributed by atoms with Crippen molar-refractivity contribution in [3.63, 3.8) is 0 Å². The largest absolute Gasteiger partial charge is 0.326 e. The molecule has 3 aromatic rings. The number of hydrogen-bond acceptors (Lipinski definition) is 4. The highest BCUT2D eigenvalue weighted by molar-refractivity contribution is 6.11. The van der Waals surface area contributed by atoms with Crippen LogP contribution < -0.4 is 16.2 Å². The Morgan fingerprint density at radius 1 is 1.04 bits per heavy atom. The van der Waals surface area contributed by atoms with Crippen LogP contribution in [0.15, 0.2) is 47.3 Å². The summed E-state index contributed by atoms with van der Waals surface area (Å²) in [4.78, 5) is 35.9. The minimum Gasteiger partial charge on any atom is -0.326 e. The van der Waals surface area contributed by atoms with Gasteiger partial charge in [0.25, 0.3) is 11.5 Å². The highest BCUT2D eigenvalue weighted by Crippen LogP contribution is 2.26. The van der Waals surface area contributed by atoms with Crippen LogP contribution in [0.4, 0.5) is 11.4 Å². The minimum atomic E-state index is -0.436. The Morgan fingerprint density at radius 2 is 1.84 bits per heavy atom. The van der Waals surface area contributed by atoms with Crippen molar-refractivity contribution in [2.75, 3.05) is 10.6 Å². The summed E-state index contributed by atoms with van der Waals surface area (Å²) in [6.07, 6.45) is 1.15. The Bertz CT molecular complexity index is 1070. The second kappa shape index (κ2) is 5.86. The average molecular weight is 334 g/mol. The van der Waals surface area contributed by atoms with Crippen LogP contribution in [0.25, 0.3) is 10.8 Å². The van der Waals surface area contributed by atoms with Crippen LogP contribution in [0.1, 0.15) is 22.5 Å². The van der Waals surface area contributed by atoms with E-state index in [1.54, 1.807) is 36.4 Å². The third-order valence-corrected chi connectivity index (χ3v) is 4.17. The molecule has 0 saturated carbocycles. The molecule has 7 nitrogen and oxygen atoms in total. The van der Waals surface area contributed by atoms with Crippen molar-refractivity contribution in [3.05, 3.63) is 64.1 Å². The molecule has 0 saturated heterocycles. The molecular weight excluding hydrogens is 320 g/mol. The Hall–Kier alpha value is -3.48. The van der Waals surface area contributed by atoms with E-state index in [2.05, 4.69) is 20.8 Å². The molecule has 0 fully saturated rings. The van der Waals surface area contributed by atoms with E-state index in [-0.39, 0.29) is 17.2 Å². The fourth-order valence-electron chi connectivity index (χ4n) is 2.93. The molecule has 7 heteroatoms. The van der Waals surface area contributed by atoms with Crippen molar-refractivity contribution < 1.29 is 9.59 Å². The van der Waals surface area contributed by atoms with Crippen LogP contribution in [0.2, 0.25) is 0 Å². The topological polar surface area (TPSA) is 104 Å². The van der Waals surface area contributed by atoms with E-state index in [0.29, 0.717) is 35.0 Å². The summed E-state index contributed by atoms with van der Waals surface area (Å²) in [5, 5.41) is 12.7. The van der Waals surface area contributed by atoms with Crippen LogP contribution in [-0.2, 0) is 11.2 Å². The first-order valence-electron chi connectivity index (χ1n) is 7.83. The maximum atomic E-state index is 12.6. The molecule has 1 aromatic heterocycles. The summed E-state index contributed by atoms with van der Waals surface area (Å²) in [5.41, 5.74) is 2.07. The molecule has 0 radical (unpaired) electrons. The monoisotopic (exact) mass is 334 g/mol. The summed E-state index contributed by atoms with van der Waals surface area (Å²) in [6.45, 7) is 0. The van der Waals surface area contributed by atoms with Crippen LogP contribution >= 0.6 is 0 Å². The van der Waals surface area contributed by atoms with Gasteiger partial charge in [-0.1, -0.05) is 24.3 Å². The predicted octanol–water partition coefficient (Wildman–Crippen LogP) is 2.06. The number of amides is 2. The standard InChI is InChI=1S/C18H14N4O3/c23-15-8-6-10-5-7-11(9-14(10)20-15)19-18(25)16-12-3-1-2-4-13(12)17(24)22-21-16/h1-5,7,9H,6,8H2,(H,19,25)(H,20,23)(H,22,24). The van der Waals surface area contributed by atoms with Gasteiger partial charge in [-0.15, -0.1) is 0 Å². The van der Waals surface area contributed by atoms with Gasteiger partial charge < -0.3 is 10.6 Å². The molecule has 4 rings (SSSR count). The van der Waals surface area contributed by atoms with E-state index in [9.17, 15) is 14.4 Å². The Morgan fingerprint density at radius 3 is 2.68 bits per heavy atom. The summed E-state index contributed by atoms with van der Waals surface area (Å²) >= 11 is 0. The molecule has 0 unspecified atom stereocenters. The number of carbonyl (C=O) groups is 2. The van der Waals surface area contributed by atoms with Crippen molar-refractivity contribution in [3.8, 4) is 0 Å². The van der Waals surface area contributed by atoms with E-state index < -0.39 is 5.91 Å². The zero-order valence-electron chi connectivity index (χ0n) is 13.1. The number of nitrogens with zero attached hydrogens (tertiary/aromatic N) is 1. The number of aryl methyl sites for hydroxylation is 1. The highest BCUT2D eigenvalue weighted by Gasteiger charge is 2.17. The van der Waals surface area contributed by atoms with Crippen LogP contribution in [0, 0.1) is 0 Å². The Kier molecular flexibility index (Phi) is 3.53. The number of rotatable bonds is 2. The molecule has 3 N–H and O–H groups in total. The number of nitrogens with one attached hydrogen (secondary N) is 3. The Labute approximate surface area is 142 Å². The van der Waals surface area contributed by atoms with E-state index in [4.69, 9.17) is 0 Å². The predicted molar refractivity (Wildman–Crippen MR) is 93.7 cm³/mol. The molecule has 0 atom stereocenters. The molecule has 2 amide bonds.